The average molecular weight is 472 g/mol. The van der Waals surface area contributed by atoms with Crippen LogP contribution < -0.4 is 4.74 Å². The Kier molecular flexibility index (Phi) is 3.93. The van der Waals surface area contributed by atoms with Crippen LogP contribution in [0, 0.1) is 5.41 Å². The van der Waals surface area contributed by atoms with E-state index in [1.54, 1.807) is 0 Å². The number of carbonyl (C=O) groups excluding carboxylic acids is 2. The Morgan fingerprint density at radius 1 is 0.778 bits per heavy atom. The number of hydrogen-bond donors (Lipinski definition) is 0. The van der Waals surface area contributed by atoms with Crippen LogP contribution >= 0.6 is 0 Å². The highest BCUT2D eigenvalue weighted by molar-refractivity contribution is 6.24. The van der Waals surface area contributed by atoms with E-state index in [1.165, 1.54) is 0 Å². The van der Waals surface area contributed by atoms with Gasteiger partial charge in [0, 0.05) is 17.5 Å². The Hall–Kier alpha value is -3.76. The third-order valence-corrected chi connectivity index (χ3v) is 9.31. The summed E-state index contributed by atoms with van der Waals surface area (Å²) in [5, 5.41) is 2.05. The van der Waals surface area contributed by atoms with E-state index in [2.05, 4.69) is 35.2 Å². The van der Waals surface area contributed by atoms with E-state index in [4.69, 9.17) is 4.74 Å². The molecule has 1 aliphatic carbocycles. The lowest BCUT2D eigenvalue weighted by Crippen LogP contribution is -2.62. The van der Waals surface area contributed by atoms with Crippen molar-refractivity contribution in [3.05, 3.63) is 113 Å². The molecule has 2 fully saturated rings. The molecule has 0 saturated carbocycles. The van der Waals surface area contributed by atoms with Crippen LogP contribution in [0.2, 0.25) is 0 Å². The maximum absolute atomic E-state index is 15.0. The van der Waals surface area contributed by atoms with E-state index in [9.17, 15) is 9.59 Å². The highest BCUT2D eigenvalue weighted by Gasteiger charge is 2.78. The molecular weight excluding hydrogens is 446 g/mol. The number of benzene rings is 4. The van der Waals surface area contributed by atoms with Gasteiger partial charge in [-0.25, -0.2) is 0 Å². The quantitative estimate of drug-likeness (QED) is 0.354. The number of nitrogens with zero attached hydrogens (tertiary/aromatic N) is 1. The molecule has 0 amide bonds. The van der Waals surface area contributed by atoms with Gasteiger partial charge in [0.1, 0.15) is 23.3 Å². The zero-order chi connectivity index (χ0) is 24.1. The van der Waals surface area contributed by atoms with Crippen LogP contribution in [-0.2, 0) is 5.54 Å². The Morgan fingerprint density at radius 3 is 2.39 bits per heavy atom. The largest absolute Gasteiger partial charge is 0.492 e. The van der Waals surface area contributed by atoms with Gasteiger partial charge in [0.15, 0.2) is 11.6 Å². The standard InChI is InChI=1S/C32H25NO3/c34-29-22-13-4-5-17-26(22)36-19-31(29)28(21-9-2-1-3-10-21)25-16-8-18-33(25)32(31)24-15-7-12-20-11-6-14-23(27(20)24)30(32)35/h1-7,9-15,17,25,28H,8,16,18-19H2/t25?,28-,31-,32?/m1/s1. The van der Waals surface area contributed by atoms with Crippen LogP contribution in [0.4, 0.5) is 0 Å². The number of carbonyl (C=O) groups is 2. The van der Waals surface area contributed by atoms with Crippen LogP contribution in [0.15, 0.2) is 91.0 Å². The molecule has 3 aliphatic heterocycles. The second-order valence-corrected chi connectivity index (χ2v) is 10.6. The predicted octanol–water partition coefficient (Wildman–Crippen LogP) is 5.75. The summed E-state index contributed by atoms with van der Waals surface area (Å²) in [5.41, 5.74) is 1.23. The molecule has 2 saturated heterocycles. The van der Waals surface area contributed by atoms with E-state index >= 15 is 0 Å². The van der Waals surface area contributed by atoms with Gasteiger partial charge in [0.25, 0.3) is 0 Å². The minimum Gasteiger partial charge on any atom is -0.492 e. The van der Waals surface area contributed by atoms with Crippen molar-refractivity contribution in [3.8, 4) is 5.75 Å². The van der Waals surface area contributed by atoms with Crippen LogP contribution in [0.25, 0.3) is 10.8 Å². The first kappa shape index (κ1) is 20.4. The summed E-state index contributed by atoms with van der Waals surface area (Å²) >= 11 is 0. The number of ether oxygens (including phenoxy) is 1. The van der Waals surface area contributed by atoms with Crippen molar-refractivity contribution in [3.63, 3.8) is 0 Å². The first-order valence-corrected chi connectivity index (χ1v) is 12.8. The number of para-hydroxylation sites is 1. The van der Waals surface area contributed by atoms with Gasteiger partial charge >= 0.3 is 0 Å². The van der Waals surface area contributed by atoms with Gasteiger partial charge in [-0.05, 0) is 53.4 Å². The molecule has 0 bridgehead atoms. The molecule has 0 radical (unpaired) electrons. The third kappa shape index (κ3) is 2.13. The van der Waals surface area contributed by atoms with Crippen molar-refractivity contribution >= 4 is 22.3 Å². The third-order valence-electron chi connectivity index (χ3n) is 9.31. The second-order valence-electron chi connectivity index (χ2n) is 10.6. The molecule has 4 aromatic rings. The van der Waals surface area contributed by atoms with Crippen LogP contribution in [-0.4, -0.2) is 35.7 Å². The van der Waals surface area contributed by atoms with E-state index < -0.39 is 11.0 Å². The molecule has 4 aromatic carbocycles. The summed E-state index contributed by atoms with van der Waals surface area (Å²) < 4.78 is 6.48. The molecule has 2 spiro atoms. The molecule has 0 aromatic heterocycles. The summed E-state index contributed by atoms with van der Waals surface area (Å²) in [7, 11) is 0. The fourth-order valence-electron chi connectivity index (χ4n) is 8.19. The van der Waals surface area contributed by atoms with Crippen LogP contribution in [0.3, 0.4) is 0 Å². The topological polar surface area (TPSA) is 46.6 Å². The van der Waals surface area contributed by atoms with Gasteiger partial charge in [-0.2, -0.15) is 0 Å². The fraction of sp³-hybridized carbons (Fsp3) is 0.250. The van der Waals surface area contributed by atoms with Gasteiger partial charge in [-0.15, -0.1) is 0 Å². The molecule has 2 unspecified atom stereocenters. The van der Waals surface area contributed by atoms with Crippen LogP contribution in [0.5, 0.6) is 5.75 Å². The summed E-state index contributed by atoms with van der Waals surface area (Å²) in [5.74, 6) is 0.542. The molecule has 4 atom stereocenters. The number of hydrogen-bond acceptors (Lipinski definition) is 4. The lowest BCUT2D eigenvalue weighted by molar-refractivity contribution is 0.00386. The minimum absolute atomic E-state index is 0.0331. The van der Waals surface area contributed by atoms with Crippen molar-refractivity contribution in [1.29, 1.82) is 0 Å². The normalized spacial score (nSPS) is 30.2. The van der Waals surface area contributed by atoms with Crippen molar-refractivity contribution in [1.82, 2.24) is 4.90 Å². The van der Waals surface area contributed by atoms with Crippen molar-refractivity contribution in [2.24, 2.45) is 5.41 Å². The summed E-state index contributed by atoms with van der Waals surface area (Å²) in [6, 6.07) is 30.1. The summed E-state index contributed by atoms with van der Waals surface area (Å²) in [4.78, 5) is 32.3. The van der Waals surface area contributed by atoms with E-state index in [0.717, 1.165) is 46.8 Å². The number of rotatable bonds is 1. The van der Waals surface area contributed by atoms with E-state index in [0.29, 0.717) is 11.3 Å². The predicted molar refractivity (Wildman–Crippen MR) is 138 cm³/mol. The van der Waals surface area contributed by atoms with Gasteiger partial charge < -0.3 is 4.74 Å². The summed E-state index contributed by atoms with van der Waals surface area (Å²) in [6.45, 7) is 0.978. The van der Waals surface area contributed by atoms with Gasteiger partial charge in [0.05, 0.1) is 5.56 Å². The Balaban J connectivity index is 1.52. The second kappa shape index (κ2) is 6.92. The molecule has 3 heterocycles. The maximum atomic E-state index is 15.0. The van der Waals surface area contributed by atoms with Gasteiger partial charge in [0.2, 0.25) is 0 Å². The number of Topliss-reactive ketones (excluding diaryl/α,β-unsaturated/α-hetero) is 2. The summed E-state index contributed by atoms with van der Waals surface area (Å²) in [6.07, 6.45) is 1.97. The average Bonchev–Trinajstić information content (AvgIpc) is 3.56. The highest BCUT2D eigenvalue weighted by atomic mass is 16.5. The van der Waals surface area contributed by atoms with Crippen molar-refractivity contribution < 1.29 is 14.3 Å². The molecule has 36 heavy (non-hydrogen) atoms. The van der Waals surface area contributed by atoms with Crippen molar-refractivity contribution in [2.45, 2.75) is 30.3 Å². The zero-order valence-electron chi connectivity index (χ0n) is 19.8. The monoisotopic (exact) mass is 471 g/mol. The molecule has 176 valence electrons. The first-order valence-electron chi connectivity index (χ1n) is 12.8. The number of fused-ring (bicyclic) bond motifs is 5. The Labute approximate surface area is 209 Å². The zero-order valence-corrected chi connectivity index (χ0v) is 19.8. The molecule has 0 N–H and O–H groups in total. The molecule has 8 rings (SSSR count). The van der Waals surface area contributed by atoms with Gasteiger partial charge in [-0.1, -0.05) is 78.9 Å². The molecular formula is C32H25NO3. The Bertz CT molecular complexity index is 1590. The number of ketones is 2. The van der Waals surface area contributed by atoms with Gasteiger partial charge in [-0.3, -0.25) is 14.5 Å². The molecule has 4 heteroatoms. The fourth-order valence-corrected chi connectivity index (χ4v) is 8.19. The lowest BCUT2D eigenvalue weighted by Gasteiger charge is -2.49. The lowest BCUT2D eigenvalue weighted by atomic mass is 9.55. The molecule has 4 aliphatic rings. The van der Waals surface area contributed by atoms with Crippen molar-refractivity contribution in [2.75, 3.05) is 13.2 Å². The minimum atomic E-state index is -1.09. The Morgan fingerprint density at radius 2 is 1.53 bits per heavy atom. The van der Waals surface area contributed by atoms with E-state index in [1.807, 2.05) is 60.7 Å². The van der Waals surface area contributed by atoms with E-state index in [-0.39, 0.29) is 30.1 Å². The maximum Gasteiger partial charge on any atom is 0.189 e. The highest BCUT2D eigenvalue weighted by Crippen LogP contribution is 2.69. The first-order chi connectivity index (χ1) is 17.7. The molecule has 4 nitrogen and oxygen atoms in total. The van der Waals surface area contributed by atoms with Crippen LogP contribution in [0.1, 0.15) is 50.6 Å². The smallest absolute Gasteiger partial charge is 0.189 e. The SMILES string of the molecule is O=C1c2cccc3cccc(c23)C12N1CCCC1[C@@H](c1ccccc1)[C@@]21COc2ccccc2C1=O.